The minimum atomic E-state index is -0.926. The Bertz CT molecular complexity index is 1080. The summed E-state index contributed by atoms with van der Waals surface area (Å²) in [6, 6.07) is 15.6. The molecule has 0 fully saturated rings. The van der Waals surface area contributed by atoms with Crippen LogP contribution in [0.2, 0.25) is 5.02 Å². The number of nitrogens with zero attached hydrogens (tertiary/aromatic N) is 1. The average molecular weight is 444 g/mol. The maximum absolute atomic E-state index is 12.7. The molecular formula is C24H26ClNO5. The Balaban J connectivity index is 1.74. The highest BCUT2D eigenvalue weighted by Crippen LogP contribution is 2.30. The maximum Gasteiger partial charge on any atom is 0.255 e. The Labute approximate surface area is 186 Å². The molecule has 0 saturated heterocycles. The Hall–Kier alpha value is -2.96. The van der Waals surface area contributed by atoms with Crippen molar-refractivity contribution in [3.05, 3.63) is 81.7 Å². The first-order valence-corrected chi connectivity index (χ1v) is 10.3. The Morgan fingerprint density at radius 3 is 2.42 bits per heavy atom. The molecule has 1 heterocycles. The van der Waals surface area contributed by atoms with E-state index in [0.29, 0.717) is 34.4 Å². The number of aliphatic hydroxyl groups is 1. The van der Waals surface area contributed by atoms with Gasteiger partial charge >= 0.3 is 0 Å². The molecule has 0 aliphatic rings. The summed E-state index contributed by atoms with van der Waals surface area (Å²) < 4.78 is 18.3. The highest BCUT2D eigenvalue weighted by Gasteiger charge is 2.19. The van der Waals surface area contributed by atoms with Gasteiger partial charge in [-0.2, -0.15) is 0 Å². The van der Waals surface area contributed by atoms with E-state index in [9.17, 15) is 9.90 Å². The first-order chi connectivity index (χ1) is 14.8. The van der Waals surface area contributed by atoms with Crippen molar-refractivity contribution in [2.45, 2.75) is 32.5 Å². The van der Waals surface area contributed by atoms with Crippen LogP contribution in [0.5, 0.6) is 17.2 Å². The largest absolute Gasteiger partial charge is 0.493 e. The van der Waals surface area contributed by atoms with Crippen LogP contribution in [0.25, 0.3) is 5.69 Å². The van der Waals surface area contributed by atoms with Crippen LogP contribution in [0.15, 0.2) is 65.6 Å². The van der Waals surface area contributed by atoms with Gasteiger partial charge in [-0.1, -0.05) is 18.5 Å². The summed E-state index contributed by atoms with van der Waals surface area (Å²) >= 11 is 5.87. The Morgan fingerprint density at radius 2 is 1.77 bits per heavy atom. The minimum absolute atomic E-state index is 0.140. The molecule has 6 nitrogen and oxygen atoms in total. The smallest absolute Gasteiger partial charge is 0.255 e. The van der Waals surface area contributed by atoms with Gasteiger partial charge in [-0.15, -0.1) is 0 Å². The van der Waals surface area contributed by atoms with Gasteiger partial charge in [0.2, 0.25) is 0 Å². The van der Waals surface area contributed by atoms with Crippen molar-refractivity contribution in [3.8, 4) is 22.9 Å². The molecule has 3 rings (SSSR count). The van der Waals surface area contributed by atoms with Crippen molar-refractivity contribution in [1.29, 1.82) is 0 Å². The van der Waals surface area contributed by atoms with E-state index < -0.39 is 5.60 Å². The third-order valence-electron chi connectivity index (χ3n) is 4.93. The molecule has 1 aromatic heterocycles. The SMILES string of the molecule is CCC(C)(O)COc1ccc(-n2ccc(COc3ccc(Cl)cc3)cc2=O)cc1OC. The van der Waals surface area contributed by atoms with Crippen molar-refractivity contribution in [2.75, 3.05) is 13.7 Å². The molecule has 31 heavy (non-hydrogen) atoms. The zero-order chi connectivity index (χ0) is 22.4. The number of pyridine rings is 1. The van der Waals surface area contributed by atoms with Gasteiger partial charge in [0.05, 0.1) is 18.4 Å². The van der Waals surface area contributed by atoms with Crippen molar-refractivity contribution in [1.82, 2.24) is 4.57 Å². The molecule has 1 atom stereocenters. The lowest BCUT2D eigenvalue weighted by Crippen LogP contribution is -2.31. The van der Waals surface area contributed by atoms with Crippen LogP contribution < -0.4 is 19.8 Å². The lowest BCUT2D eigenvalue weighted by molar-refractivity contribution is 0.00775. The highest BCUT2D eigenvalue weighted by atomic mass is 35.5. The van der Waals surface area contributed by atoms with E-state index in [1.165, 1.54) is 17.7 Å². The van der Waals surface area contributed by atoms with E-state index in [-0.39, 0.29) is 18.8 Å². The van der Waals surface area contributed by atoms with Crippen LogP contribution in [0.4, 0.5) is 0 Å². The predicted molar refractivity (Wildman–Crippen MR) is 121 cm³/mol. The number of methoxy groups -OCH3 is 1. The molecule has 0 bridgehead atoms. The summed E-state index contributed by atoms with van der Waals surface area (Å²) in [6.45, 7) is 4.01. The molecule has 0 aliphatic heterocycles. The lowest BCUT2D eigenvalue weighted by atomic mass is 10.1. The number of aromatic nitrogens is 1. The van der Waals surface area contributed by atoms with Crippen molar-refractivity contribution in [3.63, 3.8) is 0 Å². The van der Waals surface area contributed by atoms with Gasteiger partial charge < -0.3 is 19.3 Å². The van der Waals surface area contributed by atoms with Crippen LogP contribution in [0.1, 0.15) is 25.8 Å². The van der Waals surface area contributed by atoms with E-state index >= 15 is 0 Å². The minimum Gasteiger partial charge on any atom is -0.493 e. The van der Waals surface area contributed by atoms with Gasteiger partial charge in [0.1, 0.15) is 19.0 Å². The fraction of sp³-hybridized carbons (Fsp3) is 0.292. The highest BCUT2D eigenvalue weighted by molar-refractivity contribution is 6.30. The molecule has 0 spiro atoms. The maximum atomic E-state index is 12.7. The summed E-state index contributed by atoms with van der Waals surface area (Å²) in [6.07, 6.45) is 2.26. The van der Waals surface area contributed by atoms with Crippen molar-refractivity contribution in [2.24, 2.45) is 0 Å². The van der Waals surface area contributed by atoms with E-state index in [0.717, 1.165) is 5.56 Å². The second kappa shape index (κ2) is 9.90. The zero-order valence-electron chi connectivity index (χ0n) is 17.8. The van der Waals surface area contributed by atoms with Gasteiger partial charge in [-0.05, 0) is 61.4 Å². The van der Waals surface area contributed by atoms with E-state index in [2.05, 4.69) is 0 Å². The summed E-state index contributed by atoms with van der Waals surface area (Å²) in [4.78, 5) is 12.7. The molecule has 1 N–H and O–H groups in total. The van der Waals surface area contributed by atoms with Crippen LogP contribution in [0.3, 0.4) is 0 Å². The number of ether oxygens (including phenoxy) is 3. The molecule has 7 heteroatoms. The predicted octanol–water partition coefficient (Wildman–Crippen LogP) is 4.62. The quantitative estimate of drug-likeness (QED) is 0.522. The number of rotatable bonds is 9. The summed E-state index contributed by atoms with van der Waals surface area (Å²) in [5.41, 5.74) is 0.276. The molecule has 0 aliphatic carbocycles. The van der Waals surface area contributed by atoms with E-state index in [4.69, 9.17) is 25.8 Å². The number of benzene rings is 2. The second-order valence-corrected chi connectivity index (χ2v) is 7.90. The molecule has 0 amide bonds. The standard InChI is InChI=1S/C24H26ClNO5/c1-4-24(2,28)16-31-21-10-7-19(14-22(21)29-3)26-12-11-17(13-23(26)27)15-30-20-8-5-18(25)6-9-20/h5-14,28H,4,15-16H2,1-3H3. The van der Waals surface area contributed by atoms with Gasteiger partial charge in [-0.25, -0.2) is 0 Å². The Morgan fingerprint density at radius 1 is 1.03 bits per heavy atom. The average Bonchev–Trinajstić information content (AvgIpc) is 2.77. The molecule has 3 aromatic rings. The first kappa shape index (κ1) is 22.7. The molecular weight excluding hydrogens is 418 g/mol. The zero-order valence-corrected chi connectivity index (χ0v) is 18.6. The molecule has 0 radical (unpaired) electrons. The second-order valence-electron chi connectivity index (χ2n) is 7.46. The fourth-order valence-corrected chi connectivity index (χ4v) is 2.91. The third kappa shape index (κ3) is 6.03. The monoisotopic (exact) mass is 443 g/mol. The summed E-state index contributed by atoms with van der Waals surface area (Å²) in [5, 5.41) is 10.8. The number of hydrogen-bond acceptors (Lipinski definition) is 5. The molecule has 2 aromatic carbocycles. The van der Waals surface area contributed by atoms with Gasteiger partial charge in [-0.3, -0.25) is 9.36 Å². The van der Waals surface area contributed by atoms with Crippen LogP contribution in [0, 0.1) is 0 Å². The van der Waals surface area contributed by atoms with Crippen LogP contribution in [-0.2, 0) is 6.61 Å². The van der Waals surface area contributed by atoms with Crippen LogP contribution >= 0.6 is 11.6 Å². The third-order valence-corrected chi connectivity index (χ3v) is 5.18. The molecule has 1 unspecified atom stereocenters. The van der Waals surface area contributed by atoms with Crippen molar-refractivity contribution < 1.29 is 19.3 Å². The van der Waals surface area contributed by atoms with Crippen molar-refractivity contribution >= 4 is 11.6 Å². The number of halogens is 1. The summed E-state index contributed by atoms with van der Waals surface area (Å²) in [5.74, 6) is 1.66. The molecule has 0 saturated carbocycles. The van der Waals surface area contributed by atoms with Gasteiger partial charge in [0, 0.05) is 23.4 Å². The van der Waals surface area contributed by atoms with Gasteiger partial charge in [0.15, 0.2) is 11.5 Å². The van der Waals surface area contributed by atoms with Gasteiger partial charge in [0.25, 0.3) is 5.56 Å². The van der Waals surface area contributed by atoms with E-state index in [1.807, 2.05) is 13.0 Å². The Kier molecular flexibility index (Phi) is 7.25. The lowest BCUT2D eigenvalue weighted by Gasteiger charge is -2.22. The van der Waals surface area contributed by atoms with E-state index in [1.54, 1.807) is 55.6 Å². The normalized spacial score (nSPS) is 12.8. The fourth-order valence-electron chi connectivity index (χ4n) is 2.78. The topological polar surface area (TPSA) is 69.9 Å². The molecule has 164 valence electrons. The summed E-state index contributed by atoms with van der Waals surface area (Å²) in [7, 11) is 1.53. The number of hydrogen-bond donors (Lipinski definition) is 1. The van der Waals surface area contributed by atoms with Crippen LogP contribution in [-0.4, -0.2) is 29.0 Å². The first-order valence-electron chi connectivity index (χ1n) is 9.95.